The van der Waals surface area contributed by atoms with E-state index in [1.54, 1.807) is 31.2 Å². The first-order valence-corrected chi connectivity index (χ1v) is 17.5. The molecule has 2 aliphatic rings. The van der Waals surface area contributed by atoms with Gasteiger partial charge in [-0.2, -0.15) is 50.0 Å². The Morgan fingerprint density at radius 1 is 0.508 bits per heavy atom. The Bertz CT molecular complexity index is 2860. The molecule has 5 aromatic carbocycles. The maximum Gasteiger partial charge on any atom is 0.579 e. The summed E-state index contributed by atoms with van der Waals surface area (Å²) in [5.41, 5.74) is -3.84. The third-order valence-corrected chi connectivity index (χ3v) is 9.55. The van der Waals surface area contributed by atoms with Crippen LogP contribution in [0.4, 0.5) is 50.9 Å². The number of hydrogen-bond donors (Lipinski definition) is 2. The third-order valence-electron chi connectivity index (χ3n) is 9.55. The third kappa shape index (κ3) is 7.73. The lowest BCUT2D eigenvalue weighted by Crippen LogP contribution is -2.07. The maximum atomic E-state index is 14.7. The normalized spacial score (nSPS) is 13.0. The molecule has 0 unspecified atom stereocenters. The van der Waals surface area contributed by atoms with E-state index in [-0.39, 0.29) is 72.9 Å². The monoisotopic (exact) mass is 838 g/mol. The average molecular weight is 839 g/mol. The molecule has 2 heterocycles. The fraction of sp³-hybridized carbons (Fsp3) is 0.136. The molecule has 2 aliphatic heterocycles. The minimum Gasteiger partial charge on any atom is -0.441 e. The van der Waals surface area contributed by atoms with E-state index in [2.05, 4.69) is 20.3 Å². The highest BCUT2D eigenvalue weighted by molar-refractivity contribution is 6.06. The van der Waals surface area contributed by atoms with Crippen molar-refractivity contribution in [1.82, 2.24) is 0 Å². The summed E-state index contributed by atoms with van der Waals surface area (Å²) >= 11 is 0. The lowest BCUT2D eigenvalue weighted by Gasteiger charge is -2.19. The molecule has 0 radical (unpaired) electrons. The Labute approximate surface area is 340 Å². The summed E-state index contributed by atoms with van der Waals surface area (Å²) in [5.74, 6) is -2.12. The first-order valence-electron chi connectivity index (χ1n) is 17.5. The molecule has 8 nitrogen and oxygen atoms in total. The largest absolute Gasteiger partial charge is 0.579 e. The minimum atomic E-state index is -5.07. The minimum absolute atomic E-state index is 0.0186. The van der Waals surface area contributed by atoms with Gasteiger partial charge in [0.1, 0.15) is 25.3 Å². The van der Waals surface area contributed by atoms with E-state index in [0.29, 0.717) is 29.3 Å². The molecule has 0 bridgehead atoms. The van der Waals surface area contributed by atoms with Gasteiger partial charge >= 0.3 is 24.3 Å². The fourth-order valence-electron chi connectivity index (χ4n) is 7.07. The van der Waals surface area contributed by atoms with Gasteiger partial charge in [0.15, 0.2) is 17.1 Å². The fourth-order valence-corrected chi connectivity index (χ4v) is 7.07. The molecule has 304 valence electrons. The molecule has 0 amide bonds. The number of anilines is 2. The van der Waals surface area contributed by atoms with Gasteiger partial charge in [0.25, 0.3) is 5.88 Å². The number of benzene rings is 5. The topological polar surface area (TPSA) is 98.8 Å². The summed E-state index contributed by atoms with van der Waals surface area (Å²) in [6, 6.07) is 16.8. The van der Waals surface area contributed by atoms with Crippen LogP contribution in [0, 0.1) is 56.6 Å². The Morgan fingerprint density at radius 2 is 0.836 bits per heavy atom. The van der Waals surface area contributed by atoms with Crippen LogP contribution in [-0.2, 0) is 18.5 Å². The van der Waals surface area contributed by atoms with E-state index < -0.39 is 58.4 Å². The highest BCUT2D eigenvalue weighted by Crippen LogP contribution is 2.61. The van der Waals surface area contributed by atoms with Gasteiger partial charge in [0, 0.05) is 0 Å². The van der Waals surface area contributed by atoms with E-state index in [4.69, 9.17) is 22.6 Å². The molecule has 0 fully saturated rings. The van der Waals surface area contributed by atoms with Crippen molar-refractivity contribution in [2.75, 3.05) is 10.6 Å². The summed E-state index contributed by atoms with van der Waals surface area (Å²) in [7, 11) is 0. The first kappa shape index (κ1) is 41.3. The van der Waals surface area contributed by atoms with Crippen LogP contribution in [0.5, 0.6) is 11.5 Å². The zero-order valence-corrected chi connectivity index (χ0v) is 31.4. The lowest BCUT2D eigenvalue weighted by atomic mass is 9.89. The smallest absolute Gasteiger partial charge is 0.441 e. The SMILES string of the molecule is [C-]#[N+]C([N+]#[C-])=C1Nc2c(c(-c3cc(C)cc(-c4cc(C)cc(C(F)(F)F)c4)c3)c3c(c2-c2cc(-c4cc(C)cc(C(F)(F)F)c4)cc(C(F)(F)F)c2)OC(=C(C#N)C#N)N3)O1. The van der Waals surface area contributed by atoms with Crippen molar-refractivity contribution in [3.05, 3.63) is 152 Å². The van der Waals surface area contributed by atoms with Crippen molar-refractivity contribution in [2.24, 2.45) is 0 Å². The van der Waals surface area contributed by atoms with Gasteiger partial charge in [-0.15, -0.1) is 9.69 Å². The quantitative estimate of drug-likeness (QED) is 0.106. The predicted octanol–water partition coefficient (Wildman–Crippen LogP) is 13.2. The van der Waals surface area contributed by atoms with E-state index in [1.807, 2.05) is 0 Å². The molecular weight excluding hydrogens is 816 g/mol. The van der Waals surface area contributed by atoms with Gasteiger partial charge in [-0.05, 0) is 119 Å². The molecule has 0 aliphatic carbocycles. The Hall–Kier alpha value is -7.89. The summed E-state index contributed by atoms with van der Waals surface area (Å²) in [6.45, 7) is 19.6. The van der Waals surface area contributed by atoms with Gasteiger partial charge in [0.05, 0.1) is 39.2 Å². The number of halogens is 9. The van der Waals surface area contributed by atoms with Gasteiger partial charge in [-0.25, -0.2) is 0 Å². The Balaban J connectivity index is 1.59. The van der Waals surface area contributed by atoms with Crippen molar-refractivity contribution in [3.8, 4) is 68.1 Å². The van der Waals surface area contributed by atoms with Crippen molar-refractivity contribution >= 4 is 11.4 Å². The number of hydrogen-bond acceptors (Lipinski definition) is 6. The molecule has 0 atom stereocenters. The molecular formula is C44H23F9N6O2. The first-order chi connectivity index (χ1) is 28.6. The second-order valence-corrected chi connectivity index (χ2v) is 14.0. The molecule has 5 aromatic rings. The summed E-state index contributed by atoms with van der Waals surface area (Å²) in [5, 5.41) is 25.2. The number of aryl methyl sites for hydroxylation is 3. The Kier molecular flexibility index (Phi) is 9.97. The van der Waals surface area contributed by atoms with Gasteiger partial charge < -0.3 is 20.1 Å². The number of rotatable bonds is 4. The van der Waals surface area contributed by atoms with Crippen LogP contribution < -0.4 is 20.1 Å². The van der Waals surface area contributed by atoms with Crippen LogP contribution in [0.3, 0.4) is 0 Å². The highest BCUT2D eigenvalue weighted by Gasteiger charge is 2.41. The molecule has 0 spiro atoms. The second-order valence-electron chi connectivity index (χ2n) is 14.0. The molecule has 0 aromatic heterocycles. The number of nitrogens with one attached hydrogen (secondary N) is 2. The van der Waals surface area contributed by atoms with Crippen molar-refractivity contribution in [1.29, 1.82) is 10.5 Å². The van der Waals surface area contributed by atoms with E-state index >= 15 is 0 Å². The van der Waals surface area contributed by atoms with Crippen LogP contribution in [0.2, 0.25) is 0 Å². The predicted molar refractivity (Wildman–Crippen MR) is 204 cm³/mol. The zero-order valence-electron chi connectivity index (χ0n) is 31.4. The summed E-state index contributed by atoms with van der Waals surface area (Å²) in [4.78, 5) is 6.36. The van der Waals surface area contributed by atoms with Gasteiger partial charge in [0.2, 0.25) is 5.88 Å². The summed E-state index contributed by atoms with van der Waals surface area (Å²) < 4.78 is 140. The Morgan fingerprint density at radius 3 is 1.26 bits per heavy atom. The van der Waals surface area contributed by atoms with E-state index in [1.165, 1.54) is 32.0 Å². The molecule has 61 heavy (non-hydrogen) atoms. The van der Waals surface area contributed by atoms with Gasteiger partial charge in [-0.1, -0.05) is 24.3 Å². The number of allylic oxidation sites excluding steroid dienone is 1. The lowest BCUT2D eigenvalue weighted by molar-refractivity contribution is -0.138. The maximum absolute atomic E-state index is 14.7. The molecule has 2 N–H and O–H groups in total. The van der Waals surface area contributed by atoms with Crippen molar-refractivity contribution in [2.45, 2.75) is 39.3 Å². The van der Waals surface area contributed by atoms with E-state index in [0.717, 1.165) is 24.3 Å². The summed E-state index contributed by atoms with van der Waals surface area (Å²) in [6.07, 6.45) is -14.6. The molecule has 7 rings (SSSR count). The van der Waals surface area contributed by atoms with Crippen LogP contribution in [0.15, 0.2) is 96.0 Å². The van der Waals surface area contributed by atoms with E-state index in [9.17, 15) is 50.0 Å². The van der Waals surface area contributed by atoms with Gasteiger partial charge in [-0.3, -0.25) is 0 Å². The average Bonchev–Trinajstić information content (AvgIpc) is 3.81. The van der Waals surface area contributed by atoms with Crippen LogP contribution in [-0.4, -0.2) is 0 Å². The molecule has 0 saturated heterocycles. The van der Waals surface area contributed by atoms with Crippen molar-refractivity contribution in [3.63, 3.8) is 0 Å². The van der Waals surface area contributed by atoms with Crippen LogP contribution in [0.25, 0.3) is 54.2 Å². The number of nitrogens with zero attached hydrogens (tertiary/aromatic N) is 4. The van der Waals surface area contributed by atoms with Crippen LogP contribution in [0.1, 0.15) is 33.4 Å². The molecule has 17 heteroatoms. The number of ether oxygens (including phenoxy) is 2. The number of fused-ring (bicyclic) bond motifs is 2. The number of nitriles is 2. The standard InChI is InChI=1S/C44H23F9N6O2/c1-20-6-23(24-7-21(2)10-30(14-24)42(45,46)47)12-27(9-20)33-35-37(60-40(58-35)29(18-54)19-55)34(36-38(33)61-41(59-36)39(56-4)57-5)28-13-26(16-32(17-28)44(51,52)53)25-8-22(3)11-31(15-25)43(48,49)50/h6-17,58-59H,1-3H3. The zero-order chi connectivity index (χ0) is 44.3. The number of alkyl halides is 9. The second kappa shape index (κ2) is 14.7. The van der Waals surface area contributed by atoms with Crippen LogP contribution >= 0.6 is 0 Å². The van der Waals surface area contributed by atoms with Crippen molar-refractivity contribution < 1.29 is 49.0 Å². The molecule has 0 saturated carbocycles. The highest BCUT2D eigenvalue weighted by atomic mass is 19.4.